The summed E-state index contributed by atoms with van der Waals surface area (Å²) in [4.78, 5) is 12.0. The van der Waals surface area contributed by atoms with Crippen molar-refractivity contribution in [3.8, 4) is 0 Å². The highest BCUT2D eigenvalue weighted by Crippen LogP contribution is 2.42. The van der Waals surface area contributed by atoms with Gasteiger partial charge in [0.2, 0.25) is 5.91 Å². The second-order valence-corrected chi connectivity index (χ2v) is 6.79. The highest BCUT2D eigenvalue weighted by atomic mass is 79.9. The highest BCUT2D eigenvalue weighted by Gasteiger charge is 2.37. The fourth-order valence-corrected chi connectivity index (χ4v) is 2.80. The number of nitrogens with zero attached hydrogens (tertiary/aromatic N) is 2. The minimum atomic E-state index is -4.52. The lowest BCUT2D eigenvalue weighted by Crippen LogP contribution is -2.17. The maximum Gasteiger partial charge on any atom is 0.435 e. The molecule has 1 aliphatic rings. The first-order chi connectivity index (χ1) is 11.7. The molecule has 134 valence electrons. The Morgan fingerprint density at radius 1 is 1.32 bits per heavy atom. The SMILES string of the molecule is O=C(CCn1nc(C(F)(F)F)cc1C1CC1)Nc1ccc(Br)cc1F. The molecular weight excluding hydrogens is 406 g/mol. The summed E-state index contributed by atoms with van der Waals surface area (Å²) in [5.41, 5.74) is -0.434. The lowest BCUT2D eigenvalue weighted by molar-refractivity contribution is -0.141. The number of benzene rings is 1. The molecule has 0 aliphatic heterocycles. The Labute approximate surface area is 149 Å². The van der Waals surface area contributed by atoms with Gasteiger partial charge in [0.25, 0.3) is 0 Å². The molecule has 0 saturated heterocycles. The molecule has 4 nitrogen and oxygen atoms in total. The first-order valence-electron chi connectivity index (χ1n) is 7.64. The summed E-state index contributed by atoms with van der Waals surface area (Å²) in [6.45, 7) is 0.00585. The number of anilines is 1. The van der Waals surface area contributed by atoms with Crippen LogP contribution in [0.15, 0.2) is 28.7 Å². The summed E-state index contributed by atoms with van der Waals surface area (Å²) < 4.78 is 54.0. The van der Waals surface area contributed by atoms with Crippen LogP contribution in [0, 0.1) is 5.82 Å². The van der Waals surface area contributed by atoms with Gasteiger partial charge >= 0.3 is 6.18 Å². The quantitative estimate of drug-likeness (QED) is 0.713. The Kier molecular flexibility index (Phi) is 4.86. The predicted molar refractivity (Wildman–Crippen MR) is 86.6 cm³/mol. The average Bonchev–Trinajstić information content (AvgIpc) is 3.26. The van der Waals surface area contributed by atoms with Crippen LogP contribution in [0.3, 0.4) is 0 Å². The van der Waals surface area contributed by atoms with Gasteiger partial charge in [-0.2, -0.15) is 18.3 Å². The zero-order valence-electron chi connectivity index (χ0n) is 12.9. The van der Waals surface area contributed by atoms with Gasteiger partial charge in [-0.3, -0.25) is 9.48 Å². The van der Waals surface area contributed by atoms with Crippen LogP contribution in [0.4, 0.5) is 23.2 Å². The van der Waals surface area contributed by atoms with Crippen molar-refractivity contribution >= 4 is 27.5 Å². The Morgan fingerprint density at radius 3 is 2.64 bits per heavy atom. The van der Waals surface area contributed by atoms with E-state index in [2.05, 4.69) is 26.3 Å². The molecule has 0 radical (unpaired) electrons. The molecule has 1 saturated carbocycles. The fraction of sp³-hybridized carbons (Fsp3) is 0.375. The maximum atomic E-state index is 13.7. The standard InChI is InChI=1S/C16H14BrF4N3O/c17-10-3-4-12(11(18)7-10)22-15(25)5-6-24-13(9-1-2-9)8-14(23-24)16(19,20)21/h3-4,7-9H,1-2,5-6H2,(H,22,25). The van der Waals surface area contributed by atoms with Crippen molar-refractivity contribution in [1.29, 1.82) is 0 Å². The van der Waals surface area contributed by atoms with Crippen LogP contribution in [0.25, 0.3) is 0 Å². The molecule has 9 heteroatoms. The summed E-state index contributed by atoms with van der Waals surface area (Å²) in [7, 11) is 0. The van der Waals surface area contributed by atoms with Gasteiger partial charge in [-0.25, -0.2) is 4.39 Å². The van der Waals surface area contributed by atoms with Crippen LogP contribution in [0.2, 0.25) is 0 Å². The molecule has 0 atom stereocenters. The normalized spacial score (nSPS) is 14.6. The largest absolute Gasteiger partial charge is 0.435 e. The third-order valence-electron chi connectivity index (χ3n) is 3.85. The van der Waals surface area contributed by atoms with Crippen molar-refractivity contribution < 1.29 is 22.4 Å². The zero-order valence-corrected chi connectivity index (χ0v) is 14.5. The highest BCUT2D eigenvalue weighted by molar-refractivity contribution is 9.10. The Balaban J connectivity index is 1.66. The smallest absolute Gasteiger partial charge is 0.324 e. The molecule has 2 aromatic rings. The first-order valence-corrected chi connectivity index (χ1v) is 8.43. The summed E-state index contributed by atoms with van der Waals surface area (Å²) >= 11 is 3.11. The predicted octanol–water partition coefficient (Wildman–Crippen LogP) is 4.71. The van der Waals surface area contributed by atoms with Crippen molar-refractivity contribution in [2.75, 3.05) is 5.32 Å². The lowest BCUT2D eigenvalue weighted by atomic mass is 10.2. The number of carbonyl (C=O) groups excluding carboxylic acids is 1. The van der Waals surface area contributed by atoms with Gasteiger partial charge in [0.05, 0.1) is 5.69 Å². The third-order valence-corrected chi connectivity index (χ3v) is 4.35. The number of nitrogens with one attached hydrogen (secondary N) is 1. The van der Waals surface area contributed by atoms with E-state index in [9.17, 15) is 22.4 Å². The molecule has 1 heterocycles. The number of hydrogen-bond donors (Lipinski definition) is 1. The minimum absolute atomic E-state index is 0.00585. The van der Waals surface area contributed by atoms with Gasteiger partial charge in [-0.05, 0) is 37.1 Å². The number of hydrogen-bond acceptors (Lipinski definition) is 2. The molecule has 1 amide bonds. The van der Waals surface area contributed by atoms with Gasteiger partial charge in [0.1, 0.15) is 5.82 Å². The Bertz CT molecular complexity index is 799. The van der Waals surface area contributed by atoms with Crippen molar-refractivity contribution in [3.63, 3.8) is 0 Å². The Hall–Kier alpha value is -1.90. The number of amides is 1. The van der Waals surface area contributed by atoms with Crippen LogP contribution in [0.5, 0.6) is 0 Å². The van der Waals surface area contributed by atoms with Crippen LogP contribution in [0.1, 0.15) is 36.6 Å². The number of aromatic nitrogens is 2. The van der Waals surface area contributed by atoms with Crippen molar-refractivity contribution in [1.82, 2.24) is 9.78 Å². The van der Waals surface area contributed by atoms with Gasteiger partial charge in [0.15, 0.2) is 5.69 Å². The molecule has 0 spiro atoms. The molecule has 3 rings (SSSR count). The van der Waals surface area contributed by atoms with E-state index in [1.54, 1.807) is 6.07 Å². The molecule has 1 fully saturated rings. The molecule has 1 aliphatic carbocycles. The minimum Gasteiger partial charge on any atom is -0.324 e. The van der Waals surface area contributed by atoms with Crippen LogP contribution in [-0.2, 0) is 17.5 Å². The summed E-state index contributed by atoms with van der Waals surface area (Å²) in [6, 6.07) is 5.24. The van der Waals surface area contributed by atoms with E-state index in [1.807, 2.05) is 0 Å². The van der Waals surface area contributed by atoms with Crippen LogP contribution >= 0.6 is 15.9 Å². The second kappa shape index (κ2) is 6.78. The molecular formula is C16H14BrF4N3O. The van der Waals surface area contributed by atoms with Gasteiger partial charge in [0, 0.05) is 29.1 Å². The van der Waals surface area contributed by atoms with Crippen molar-refractivity contribution in [2.45, 2.75) is 37.9 Å². The average molecular weight is 420 g/mol. The zero-order chi connectivity index (χ0) is 18.2. The summed E-state index contributed by atoms with van der Waals surface area (Å²) in [6.07, 6.45) is -2.98. The van der Waals surface area contributed by atoms with Crippen LogP contribution < -0.4 is 5.32 Å². The molecule has 1 aromatic heterocycles. The number of carbonyl (C=O) groups is 1. The number of halogens is 5. The summed E-state index contributed by atoms with van der Waals surface area (Å²) in [5, 5.41) is 5.99. The van der Waals surface area contributed by atoms with E-state index in [0.29, 0.717) is 10.2 Å². The molecule has 1 N–H and O–H groups in total. The van der Waals surface area contributed by atoms with Crippen molar-refractivity contribution in [2.24, 2.45) is 0 Å². The topological polar surface area (TPSA) is 46.9 Å². The van der Waals surface area contributed by atoms with E-state index in [1.165, 1.54) is 16.8 Å². The first kappa shape index (κ1) is 17.9. The second-order valence-electron chi connectivity index (χ2n) is 5.87. The number of alkyl halides is 3. The van der Waals surface area contributed by atoms with Crippen molar-refractivity contribution in [3.05, 3.63) is 45.9 Å². The molecule has 25 heavy (non-hydrogen) atoms. The summed E-state index contributed by atoms with van der Waals surface area (Å²) in [5.74, 6) is -1.03. The molecule has 0 unspecified atom stereocenters. The molecule has 1 aromatic carbocycles. The number of aryl methyl sites for hydroxylation is 1. The van der Waals surface area contributed by atoms with Crippen LogP contribution in [-0.4, -0.2) is 15.7 Å². The lowest BCUT2D eigenvalue weighted by Gasteiger charge is -2.09. The third kappa shape index (κ3) is 4.39. The fourth-order valence-electron chi connectivity index (χ4n) is 2.47. The monoisotopic (exact) mass is 419 g/mol. The van der Waals surface area contributed by atoms with E-state index in [0.717, 1.165) is 18.9 Å². The maximum absolute atomic E-state index is 13.7. The van der Waals surface area contributed by atoms with Gasteiger partial charge < -0.3 is 5.32 Å². The van der Waals surface area contributed by atoms with E-state index in [-0.39, 0.29) is 24.6 Å². The Morgan fingerprint density at radius 2 is 2.04 bits per heavy atom. The molecule has 0 bridgehead atoms. The van der Waals surface area contributed by atoms with E-state index >= 15 is 0 Å². The van der Waals surface area contributed by atoms with Gasteiger partial charge in [-0.1, -0.05) is 15.9 Å². The van der Waals surface area contributed by atoms with E-state index in [4.69, 9.17) is 0 Å². The van der Waals surface area contributed by atoms with E-state index < -0.39 is 23.6 Å². The number of rotatable bonds is 5. The van der Waals surface area contributed by atoms with Gasteiger partial charge in [-0.15, -0.1) is 0 Å².